The van der Waals surface area contributed by atoms with E-state index in [1.54, 1.807) is 18.2 Å². The molecular formula is C14H15FN2O. The minimum Gasteiger partial charge on any atom is -0.492 e. The van der Waals surface area contributed by atoms with Crippen LogP contribution in [0.1, 0.15) is 0 Å². The molecule has 0 unspecified atom stereocenters. The Bertz CT molecular complexity index is 499. The van der Waals surface area contributed by atoms with E-state index in [1.807, 2.05) is 18.2 Å². The third-order valence-corrected chi connectivity index (χ3v) is 2.40. The zero-order chi connectivity index (χ0) is 12.8. The Kier molecular flexibility index (Phi) is 4.02. The van der Waals surface area contributed by atoms with E-state index in [9.17, 15) is 4.39 Å². The molecule has 0 bridgehead atoms. The van der Waals surface area contributed by atoms with Gasteiger partial charge in [-0.2, -0.15) is 0 Å². The molecule has 0 heterocycles. The second-order valence-electron chi connectivity index (χ2n) is 3.85. The van der Waals surface area contributed by atoms with Crippen molar-refractivity contribution in [3.8, 4) is 5.75 Å². The molecule has 0 amide bonds. The highest BCUT2D eigenvalue weighted by Gasteiger charge is 1.95. The predicted molar refractivity (Wildman–Crippen MR) is 71.2 cm³/mol. The van der Waals surface area contributed by atoms with Crippen LogP contribution in [0, 0.1) is 5.82 Å². The lowest BCUT2D eigenvalue weighted by molar-refractivity contribution is 0.333. The SMILES string of the molecule is Nc1cccc(OCCNc2ccc(F)cc2)c1. The van der Waals surface area contributed by atoms with Gasteiger partial charge in [0.1, 0.15) is 18.2 Å². The summed E-state index contributed by atoms with van der Waals surface area (Å²) in [6.45, 7) is 1.15. The van der Waals surface area contributed by atoms with Crippen LogP contribution in [0.15, 0.2) is 48.5 Å². The lowest BCUT2D eigenvalue weighted by Crippen LogP contribution is -2.11. The van der Waals surface area contributed by atoms with Crippen molar-refractivity contribution < 1.29 is 9.13 Å². The van der Waals surface area contributed by atoms with Gasteiger partial charge in [0.25, 0.3) is 0 Å². The van der Waals surface area contributed by atoms with Crippen LogP contribution in [0.2, 0.25) is 0 Å². The van der Waals surface area contributed by atoms with Gasteiger partial charge in [-0.3, -0.25) is 0 Å². The fourth-order valence-corrected chi connectivity index (χ4v) is 1.54. The van der Waals surface area contributed by atoms with Gasteiger partial charge in [-0.05, 0) is 36.4 Å². The number of hydrogen-bond donors (Lipinski definition) is 2. The van der Waals surface area contributed by atoms with Crippen LogP contribution in [0.25, 0.3) is 0 Å². The van der Waals surface area contributed by atoms with Crippen LogP contribution in [0.5, 0.6) is 5.75 Å². The van der Waals surface area contributed by atoms with Crippen molar-refractivity contribution in [3.63, 3.8) is 0 Å². The summed E-state index contributed by atoms with van der Waals surface area (Å²) >= 11 is 0. The lowest BCUT2D eigenvalue weighted by Gasteiger charge is -2.08. The first kappa shape index (κ1) is 12.2. The molecule has 3 N–H and O–H groups in total. The van der Waals surface area contributed by atoms with Crippen LogP contribution >= 0.6 is 0 Å². The van der Waals surface area contributed by atoms with Crippen molar-refractivity contribution in [1.82, 2.24) is 0 Å². The third kappa shape index (κ3) is 3.66. The van der Waals surface area contributed by atoms with Crippen molar-refractivity contribution in [1.29, 1.82) is 0 Å². The minimum atomic E-state index is -0.239. The molecule has 0 aliphatic heterocycles. The first-order chi connectivity index (χ1) is 8.74. The van der Waals surface area contributed by atoms with Gasteiger partial charge in [-0.1, -0.05) is 6.07 Å². The van der Waals surface area contributed by atoms with E-state index < -0.39 is 0 Å². The Balaban J connectivity index is 1.74. The maximum Gasteiger partial charge on any atom is 0.123 e. The van der Waals surface area contributed by atoms with E-state index in [0.29, 0.717) is 18.8 Å². The number of nitrogens with two attached hydrogens (primary N) is 1. The zero-order valence-corrected chi connectivity index (χ0v) is 9.90. The molecule has 0 saturated carbocycles. The van der Waals surface area contributed by atoms with E-state index in [-0.39, 0.29) is 5.82 Å². The summed E-state index contributed by atoms with van der Waals surface area (Å²) in [5.41, 5.74) is 7.18. The summed E-state index contributed by atoms with van der Waals surface area (Å²) in [5.74, 6) is 0.507. The number of rotatable bonds is 5. The summed E-state index contributed by atoms with van der Waals surface area (Å²) in [4.78, 5) is 0. The molecule has 0 aliphatic carbocycles. The Labute approximate surface area is 105 Å². The van der Waals surface area contributed by atoms with Gasteiger partial charge in [-0.15, -0.1) is 0 Å². The van der Waals surface area contributed by atoms with E-state index in [0.717, 1.165) is 11.4 Å². The molecule has 3 nitrogen and oxygen atoms in total. The highest BCUT2D eigenvalue weighted by molar-refractivity contribution is 5.44. The fraction of sp³-hybridized carbons (Fsp3) is 0.143. The smallest absolute Gasteiger partial charge is 0.123 e. The van der Waals surface area contributed by atoms with E-state index in [2.05, 4.69) is 5.32 Å². The number of anilines is 2. The van der Waals surface area contributed by atoms with Gasteiger partial charge in [0.05, 0.1) is 0 Å². The highest BCUT2D eigenvalue weighted by Crippen LogP contribution is 2.14. The van der Waals surface area contributed by atoms with Crippen molar-refractivity contribution in [2.75, 3.05) is 24.2 Å². The summed E-state index contributed by atoms with van der Waals surface area (Å²) in [7, 11) is 0. The Morgan fingerprint density at radius 1 is 1.11 bits per heavy atom. The molecule has 4 heteroatoms. The predicted octanol–water partition coefficient (Wildman–Crippen LogP) is 2.90. The van der Waals surface area contributed by atoms with Gasteiger partial charge >= 0.3 is 0 Å². The second-order valence-corrected chi connectivity index (χ2v) is 3.85. The van der Waals surface area contributed by atoms with Gasteiger partial charge in [0.15, 0.2) is 0 Å². The standard InChI is InChI=1S/C14H15FN2O/c15-11-4-6-13(7-5-11)17-8-9-18-14-3-1-2-12(16)10-14/h1-7,10,17H,8-9,16H2. The average Bonchev–Trinajstić information content (AvgIpc) is 2.37. The maximum absolute atomic E-state index is 12.7. The molecule has 0 saturated heterocycles. The maximum atomic E-state index is 12.7. The van der Waals surface area contributed by atoms with Gasteiger partial charge in [0.2, 0.25) is 0 Å². The molecule has 0 atom stereocenters. The Morgan fingerprint density at radius 3 is 2.61 bits per heavy atom. The van der Waals surface area contributed by atoms with Crippen molar-refractivity contribution in [3.05, 3.63) is 54.3 Å². The van der Waals surface area contributed by atoms with Gasteiger partial charge < -0.3 is 15.8 Å². The third-order valence-electron chi connectivity index (χ3n) is 2.40. The number of nitrogens with one attached hydrogen (secondary N) is 1. The first-order valence-electron chi connectivity index (χ1n) is 5.72. The van der Waals surface area contributed by atoms with Gasteiger partial charge in [-0.25, -0.2) is 4.39 Å². The quantitative estimate of drug-likeness (QED) is 0.630. The molecule has 0 radical (unpaired) electrons. The molecule has 94 valence electrons. The van der Waals surface area contributed by atoms with Crippen molar-refractivity contribution in [2.45, 2.75) is 0 Å². The van der Waals surface area contributed by atoms with Crippen molar-refractivity contribution in [2.24, 2.45) is 0 Å². The molecule has 0 aliphatic rings. The summed E-state index contributed by atoms with van der Waals surface area (Å²) in [6, 6.07) is 13.5. The minimum absolute atomic E-state index is 0.239. The molecule has 0 spiro atoms. The largest absolute Gasteiger partial charge is 0.492 e. The highest BCUT2D eigenvalue weighted by atomic mass is 19.1. The molecular weight excluding hydrogens is 231 g/mol. The van der Waals surface area contributed by atoms with Gasteiger partial charge in [0, 0.05) is 24.0 Å². The number of halogens is 1. The normalized spacial score (nSPS) is 10.1. The topological polar surface area (TPSA) is 47.3 Å². The van der Waals surface area contributed by atoms with Crippen LogP contribution in [0.3, 0.4) is 0 Å². The summed E-state index contributed by atoms with van der Waals surface area (Å²) in [6.07, 6.45) is 0. The molecule has 18 heavy (non-hydrogen) atoms. The van der Waals surface area contributed by atoms with Crippen LogP contribution in [-0.2, 0) is 0 Å². The Hall–Kier alpha value is -2.23. The average molecular weight is 246 g/mol. The zero-order valence-electron chi connectivity index (χ0n) is 9.90. The molecule has 0 aromatic heterocycles. The van der Waals surface area contributed by atoms with Crippen LogP contribution in [-0.4, -0.2) is 13.2 Å². The van der Waals surface area contributed by atoms with E-state index >= 15 is 0 Å². The number of hydrogen-bond acceptors (Lipinski definition) is 3. The van der Waals surface area contributed by atoms with E-state index in [1.165, 1.54) is 12.1 Å². The lowest BCUT2D eigenvalue weighted by atomic mass is 10.3. The first-order valence-corrected chi connectivity index (χ1v) is 5.72. The van der Waals surface area contributed by atoms with Crippen LogP contribution in [0.4, 0.5) is 15.8 Å². The van der Waals surface area contributed by atoms with Crippen molar-refractivity contribution >= 4 is 11.4 Å². The monoisotopic (exact) mass is 246 g/mol. The van der Waals surface area contributed by atoms with E-state index in [4.69, 9.17) is 10.5 Å². The molecule has 2 aromatic carbocycles. The molecule has 2 rings (SSSR count). The number of nitrogen functional groups attached to an aromatic ring is 1. The van der Waals surface area contributed by atoms with Crippen LogP contribution < -0.4 is 15.8 Å². The molecule has 0 fully saturated rings. The summed E-state index contributed by atoms with van der Waals surface area (Å²) in [5, 5.41) is 3.13. The summed E-state index contributed by atoms with van der Waals surface area (Å²) < 4.78 is 18.2. The Morgan fingerprint density at radius 2 is 1.89 bits per heavy atom. The second kappa shape index (κ2) is 5.91. The number of benzene rings is 2. The fourth-order valence-electron chi connectivity index (χ4n) is 1.54. The number of ether oxygens (including phenoxy) is 1. The molecule has 2 aromatic rings.